The molecule has 0 radical (unpaired) electrons. The normalized spacial score (nSPS) is 10.5. The van der Waals surface area contributed by atoms with Crippen molar-refractivity contribution in [1.82, 2.24) is 14.8 Å². The zero-order chi connectivity index (χ0) is 17.1. The van der Waals surface area contributed by atoms with Gasteiger partial charge in [-0.1, -0.05) is 0 Å². The lowest BCUT2D eigenvalue weighted by atomic mass is 10.1. The number of ether oxygens (including phenoxy) is 2. The maximum absolute atomic E-state index is 12.3. The van der Waals surface area contributed by atoms with Crippen LogP contribution in [0.15, 0.2) is 35.8 Å². The van der Waals surface area contributed by atoms with Crippen LogP contribution in [0.25, 0.3) is 11.3 Å². The van der Waals surface area contributed by atoms with Gasteiger partial charge in [0, 0.05) is 24.2 Å². The molecular weight excluding hydrogens is 328 g/mol. The van der Waals surface area contributed by atoms with Gasteiger partial charge in [-0.15, -0.1) is 11.3 Å². The number of benzene rings is 1. The molecule has 0 unspecified atom stereocenters. The minimum atomic E-state index is -0.311. The molecule has 0 aliphatic heterocycles. The van der Waals surface area contributed by atoms with Gasteiger partial charge in [0.25, 0.3) is 5.91 Å². The summed E-state index contributed by atoms with van der Waals surface area (Å²) in [6, 6.07) is 7.18. The van der Waals surface area contributed by atoms with E-state index in [2.05, 4.69) is 15.4 Å². The molecule has 0 bridgehead atoms. The SMILES string of the molecule is COc1ccc(OC)c(-c2cc(C(=O)Nc3nccs3)nn2C)c1. The molecule has 0 saturated heterocycles. The van der Waals surface area contributed by atoms with E-state index in [1.165, 1.54) is 11.3 Å². The van der Waals surface area contributed by atoms with Gasteiger partial charge in [-0.05, 0) is 24.3 Å². The van der Waals surface area contributed by atoms with Crippen LogP contribution in [0, 0.1) is 0 Å². The summed E-state index contributed by atoms with van der Waals surface area (Å²) >= 11 is 1.35. The Labute approximate surface area is 142 Å². The van der Waals surface area contributed by atoms with Gasteiger partial charge in [-0.2, -0.15) is 5.10 Å². The first-order valence-corrected chi connectivity index (χ1v) is 7.97. The number of aryl methyl sites for hydroxylation is 1. The lowest BCUT2D eigenvalue weighted by Gasteiger charge is -2.10. The average molecular weight is 344 g/mol. The second-order valence-electron chi connectivity index (χ2n) is 4.90. The largest absolute Gasteiger partial charge is 0.497 e. The van der Waals surface area contributed by atoms with Gasteiger partial charge in [-0.3, -0.25) is 14.8 Å². The number of nitrogens with one attached hydrogen (secondary N) is 1. The number of nitrogens with zero attached hydrogens (tertiary/aromatic N) is 3. The van der Waals surface area contributed by atoms with Crippen LogP contribution in [0.1, 0.15) is 10.5 Å². The van der Waals surface area contributed by atoms with Gasteiger partial charge in [-0.25, -0.2) is 4.98 Å². The highest BCUT2D eigenvalue weighted by molar-refractivity contribution is 7.13. The van der Waals surface area contributed by atoms with Crippen LogP contribution >= 0.6 is 11.3 Å². The van der Waals surface area contributed by atoms with Gasteiger partial charge in [0.15, 0.2) is 10.8 Å². The Morgan fingerprint density at radius 3 is 2.75 bits per heavy atom. The van der Waals surface area contributed by atoms with Crippen LogP contribution in [0.2, 0.25) is 0 Å². The van der Waals surface area contributed by atoms with Crippen molar-refractivity contribution in [3.05, 3.63) is 41.5 Å². The Morgan fingerprint density at radius 1 is 1.25 bits per heavy atom. The Balaban J connectivity index is 1.96. The van der Waals surface area contributed by atoms with Crippen LogP contribution in [-0.2, 0) is 7.05 Å². The quantitative estimate of drug-likeness (QED) is 0.770. The Kier molecular flexibility index (Phi) is 4.48. The Hall–Kier alpha value is -2.87. The third-order valence-corrected chi connectivity index (χ3v) is 4.14. The molecule has 0 saturated carbocycles. The minimum absolute atomic E-state index is 0.299. The lowest BCUT2D eigenvalue weighted by Crippen LogP contribution is -2.12. The van der Waals surface area contributed by atoms with Crippen LogP contribution in [0.5, 0.6) is 11.5 Å². The summed E-state index contributed by atoms with van der Waals surface area (Å²) < 4.78 is 12.3. The maximum atomic E-state index is 12.3. The van der Waals surface area contributed by atoms with Crippen LogP contribution < -0.4 is 14.8 Å². The fraction of sp³-hybridized carbons (Fsp3) is 0.188. The van der Waals surface area contributed by atoms with E-state index >= 15 is 0 Å². The fourth-order valence-electron chi connectivity index (χ4n) is 2.29. The highest BCUT2D eigenvalue weighted by Gasteiger charge is 2.18. The van der Waals surface area contributed by atoms with E-state index in [0.29, 0.717) is 22.3 Å². The van der Waals surface area contributed by atoms with E-state index in [1.807, 2.05) is 18.2 Å². The fourth-order valence-corrected chi connectivity index (χ4v) is 2.81. The molecule has 8 heteroatoms. The first-order chi connectivity index (χ1) is 11.6. The summed E-state index contributed by atoms with van der Waals surface area (Å²) in [5.41, 5.74) is 1.84. The molecule has 2 heterocycles. The average Bonchev–Trinajstić information content (AvgIpc) is 3.23. The third kappa shape index (κ3) is 3.09. The number of thiazole rings is 1. The van der Waals surface area contributed by atoms with E-state index in [4.69, 9.17) is 9.47 Å². The van der Waals surface area contributed by atoms with E-state index in [0.717, 1.165) is 11.3 Å². The molecule has 0 atom stereocenters. The highest BCUT2D eigenvalue weighted by atomic mass is 32.1. The summed E-state index contributed by atoms with van der Waals surface area (Å²) in [4.78, 5) is 16.3. The van der Waals surface area contributed by atoms with Crippen molar-refractivity contribution in [2.24, 2.45) is 7.05 Å². The van der Waals surface area contributed by atoms with E-state index < -0.39 is 0 Å². The number of aromatic nitrogens is 3. The van der Waals surface area contributed by atoms with Gasteiger partial charge in [0.2, 0.25) is 0 Å². The van der Waals surface area contributed by atoms with Gasteiger partial charge < -0.3 is 9.47 Å². The number of rotatable bonds is 5. The number of hydrogen-bond donors (Lipinski definition) is 1. The van der Waals surface area contributed by atoms with Crippen molar-refractivity contribution in [2.75, 3.05) is 19.5 Å². The molecule has 1 amide bonds. The second kappa shape index (κ2) is 6.71. The number of carbonyl (C=O) groups excluding carboxylic acids is 1. The van der Waals surface area contributed by atoms with Gasteiger partial charge >= 0.3 is 0 Å². The van der Waals surface area contributed by atoms with E-state index in [9.17, 15) is 4.79 Å². The summed E-state index contributed by atoms with van der Waals surface area (Å²) in [5.74, 6) is 1.06. The topological polar surface area (TPSA) is 78.3 Å². The minimum Gasteiger partial charge on any atom is -0.497 e. The molecule has 3 aromatic rings. The molecule has 24 heavy (non-hydrogen) atoms. The predicted octanol–water partition coefficient (Wildman–Crippen LogP) is 2.81. The van der Waals surface area contributed by atoms with Crippen molar-refractivity contribution in [1.29, 1.82) is 0 Å². The Morgan fingerprint density at radius 2 is 2.08 bits per heavy atom. The Bertz CT molecular complexity index is 858. The smallest absolute Gasteiger partial charge is 0.277 e. The van der Waals surface area contributed by atoms with Crippen molar-refractivity contribution in [2.45, 2.75) is 0 Å². The molecule has 0 aliphatic carbocycles. The molecule has 0 aliphatic rings. The maximum Gasteiger partial charge on any atom is 0.277 e. The number of methoxy groups -OCH3 is 2. The monoisotopic (exact) mass is 344 g/mol. The predicted molar refractivity (Wildman–Crippen MR) is 91.8 cm³/mol. The first kappa shape index (κ1) is 16.0. The van der Waals surface area contributed by atoms with E-state index in [-0.39, 0.29) is 5.91 Å². The van der Waals surface area contributed by atoms with Crippen molar-refractivity contribution in [3.8, 4) is 22.8 Å². The van der Waals surface area contributed by atoms with Crippen LogP contribution in [0.4, 0.5) is 5.13 Å². The van der Waals surface area contributed by atoms with Crippen molar-refractivity contribution in [3.63, 3.8) is 0 Å². The molecule has 1 N–H and O–H groups in total. The molecule has 3 rings (SSSR count). The molecule has 2 aromatic heterocycles. The molecule has 7 nitrogen and oxygen atoms in total. The number of hydrogen-bond acceptors (Lipinski definition) is 6. The summed E-state index contributed by atoms with van der Waals surface area (Å²) in [6.07, 6.45) is 1.63. The van der Waals surface area contributed by atoms with Crippen LogP contribution in [0.3, 0.4) is 0 Å². The zero-order valence-electron chi connectivity index (χ0n) is 13.4. The summed E-state index contributed by atoms with van der Waals surface area (Å²) in [5, 5.41) is 9.33. The van der Waals surface area contributed by atoms with Crippen molar-refractivity contribution < 1.29 is 14.3 Å². The number of amides is 1. The first-order valence-electron chi connectivity index (χ1n) is 7.09. The molecule has 0 spiro atoms. The number of carbonyl (C=O) groups is 1. The van der Waals surface area contributed by atoms with Crippen LogP contribution in [-0.4, -0.2) is 34.9 Å². The van der Waals surface area contributed by atoms with Gasteiger partial charge in [0.1, 0.15) is 11.5 Å². The molecular formula is C16H16N4O3S. The standard InChI is InChI=1S/C16H16N4O3S/c1-20-13(11-8-10(22-2)4-5-14(11)23-3)9-12(19-20)15(21)18-16-17-6-7-24-16/h4-9H,1-3H3,(H,17,18,21). The lowest BCUT2D eigenvalue weighted by molar-refractivity contribution is 0.102. The molecule has 1 aromatic carbocycles. The zero-order valence-corrected chi connectivity index (χ0v) is 14.3. The van der Waals surface area contributed by atoms with Gasteiger partial charge in [0.05, 0.1) is 19.9 Å². The van der Waals surface area contributed by atoms with E-state index in [1.54, 1.807) is 43.6 Å². The van der Waals surface area contributed by atoms with Crippen molar-refractivity contribution >= 4 is 22.4 Å². The molecule has 124 valence electrons. The molecule has 0 fully saturated rings. The third-order valence-electron chi connectivity index (χ3n) is 3.45. The number of anilines is 1. The highest BCUT2D eigenvalue weighted by Crippen LogP contribution is 2.33. The second-order valence-corrected chi connectivity index (χ2v) is 5.79. The summed E-state index contributed by atoms with van der Waals surface area (Å²) in [6.45, 7) is 0. The summed E-state index contributed by atoms with van der Waals surface area (Å²) in [7, 11) is 4.97.